The first-order chi connectivity index (χ1) is 19.3. The number of nitrogens with zero attached hydrogens (tertiary/aromatic N) is 1. The van der Waals surface area contributed by atoms with E-state index in [9.17, 15) is 19.2 Å². The summed E-state index contributed by atoms with van der Waals surface area (Å²) in [6.45, 7) is 5.26. The van der Waals surface area contributed by atoms with Gasteiger partial charge in [-0.2, -0.15) is 0 Å². The fourth-order valence-corrected chi connectivity index (χ4v) is 6.20. The molecule has 8 nitrogen and oxygen atoms in total. The molecule has 3 aromatic carbocycles. The number of rotatable bonds is 8. The highest BCUT2D eigenvalue weighted by molar-refractivity contribution is 8.03. The maximum absolute atomic E-state index is 13.9. The summed E-state index contributed by atoms with van der Waals surface area (Å²) in [6.07, 6.45) is -1.75. The molecule has 0 spiro atoms. The zero-order valence-corrected chi connectivity index (χ0v) is 22.6. The smallest absolute Gasteiger partial charge is 0.334 e. The average Bonchev–Trinajstić information content (AvgIpc) is 2.96. The van der Waals surface area contributed by atoms with Gasteiger partial charge in [0.05, 0.1) is 6.42 Å². The molecule has 204 valence electrons. The molecule has 0 aromatic heterocycles. The zero-order valence-electron chi connectivity index (χ0n) is 21.8. The van der Waals surface area contributed by atoms with Crippen molar-refractivity contribution >= 4 is 35.5 Å². The molecular formula is C31H28N2O6S. The molecule has 3 aromatic rings. The molecule has 0 aliphatic carbocycles. The summed E-state index contributed by atoms with van der Waals surface area (Å²) in [7, 11) is 0. The minimum Gasteiger partial charge on any atom is -0.454 e. The molecule has 3 unspecified atom stereocenters. The molecule has 0 bridgehead atoms. The van der Waals surface area contributed by atoms with Gasteiger partial charge in [-0.25, -0.2) is 4.79 Å². The van der Waals surface area contributed by atoms with Crippen molar-refractivity contribution in [1.29, 1.82) is 0 Å². The summed E-state index contributed by atoms with van der Waals surface area (Å²) < 4.78 is 11.5. The molecule has 2 aliphatic rings. The van der Waals surface area contributed by atoms with Crippen LogP contribution in [0.15, 0.2) is 102 Å². The van der Waals surface area contributed by atoms with Gasteiger partial charge >= 0.3 is 11.9 Å². The first kappa shape index (κ1) is 27.2. The Labute approximate surface area is 236 Å². The van der Waals surface area contributed by atoms with E-state index < -0.39 is 47.5 Å². The van der Waals surface area contributed by atoms with Gasteiger partial charge in [-0.3, -0.25) is 14.4 Å². The van der Waals surface area contributed by atoms with Crippen molar-refractivity contribution in [1.82, 2.24) is 10.2 Å². The minimum atomic E-state index is -1.26. The second-order valence-corrected chi connectivity index (χ2v) is 10.8. The van der Waals surface area contributed by atoms with Crippen molar-refractivity contribution in [2.24, 2.45) is 0 Å². The second-order valence-electron chi connectivity index (χ2n) is 9.54. The van der Waals surface area contributed by atoms with Crippen molar-refractivity contribution in [3.05, 3.63) is 119 Å². The molecule has 0 radical (unpaired) electrons. The largest absolute Gasteiger partial charge is 0.454 e. The molecule has 40 heavy (non-hydrogen) atoms. The van der Waals surface area contributed by atoms with Crippen LogP contribution in [-0.4, -0.2) is 52.2 Å². The number of carbonyl (C=O) groups excluding carboxylic acids is 4. The van der Waals surface area contributed by atoms with Crippen LogP contribution in [0.3, 0.4) is 0 Å². The minimum absolute atomic E-state index is 0.111. The molecule has 4 atom stereocenters. The molecule has 2 heterocycles. The van der Waals surface area contributed by atoms with Crippen LogP contribution in [-0.2, 0) is 35.1 Å². The van der Waals surface area contributed by atoms with E-state index in [1.807, 2.05) is 91.0 Å². The molecule has 2 saturated heterocycles. The van der Waals surface area contributed by atoms with E-state index in [2.05, 4.69) is 11.9 Å². The van der Waals surface area contributed by atoms with Crippen LogP contribution < -0.4 is 5.32 Å². The third-order valence-electron chi connectivity index (χ3n) is 6.75. The van der Waals surface area contributed by atoms with Crippen LogP contribution in [0, 0.1) is 0 Å². The molecule has 2 aliphatic heterocycles. The van der Waals surface area contributed by atoms with Gasteiger partial charge in [0, 0.05) is 11.8 Å². The highest BCUT2D eigenvalue weighted by atomic mass is 32.2. The van der Waals surface area contributed by atoms with Gasteiger partial charge in [0.2, 0.25) is 11.8 Å². The lowest BCUT2D eigenvalue weighted by Crippen LogP contribution is -2.76. The second kappa shape index (κ2) is 11.8. The van der Waals surface area contributed by atoms with Crippen LogP contribution in [0.5, 0.6) is 0 Å². The quantitative estimate of drug-likeness (QED) is 0.333. The Morgan fingerprint density at radius 3 is 2.02 bits per heavy atom. The fraction of sp³-hybridized carbons (Fsp3) is 0.226. The van der Waals surface area contributed by atoms with Crippen molar-refractivity contribution in [2.75, 3.05) is 0 Å². The Morgan fingerprint density at radius 1 is 0.925 bits per heavy atom. The summed E-state index contributed by atoms with van der Waals surface area (Å²) in [5.74, 6) is -2.13. The number of benzene rings is 3. The number of hydrogen-bond acceptors (Lipinski definition) is 7. The number of β-lactam (4-membered cyclic amide) rings is 1. The predicted octanol–water partition coefficient (Wildman–Crippen LogP) is 3.78. The van der Waals surface area contributed by atoms with Gasteiger partial charge in [-0.15, -0.1) is 0 Å². The Morgan fingerprint density at radius 2 is 1.48 bits per heavy atom. The SMILES string of the molecule is C=C1S[C@@H]2C(NC(=O)Cc3ccccc3)C(=O)N2C(C(=O)OC(c2ccccc2)c2ccccc2)C1OC(C)=O. The number of hydrogen-bond donors (Lipinski definition) is 1. The van der Waals surface area contributed by atoms with Crippen molar-refractivity contribution < 1.29 is 28.7 Å². The fourth-order valence-electron chi connectivity index (χ4n) is 4.91. The third kappa shape index (κ3) is 5.65. The number of carbonyl (C=O) groups is 4. The van der Waals surface area contributed by atoms with E-state index in [0.29, 0.717) is 4.91 Å². The molecule has 9 heteroatoms. The van der Waals surface area contributed by atoms with Gasteiger partial charge in [0.1, 0.15) is 11.4 Å². The summed E-state index contributed by atoms with van der Waals surface area (Å²) in [5.41, 5.74) is 2.30. The van der Waals surface area contributed by atoms with E-state index >= 15 is 0 Å². The zero-order chi connectivity index (χ0) is 28.2. The summed E-state index contributed by atoms with van der Waals surface area (Å²) in [5, 5.41) is 2.19. The first-order valence-electron chi connectivity index (χ1n) is 12.8. The van der Waals surface area contributed by atoms with Gasteiger partial charge < -0.3 is 19.7 Å². The van der Waals surface area contributed by atoms with E-state index in [1.165, 1.54) is 23.6 Å². The number of nitrogens with one attached hydrogen (secondary N) is 1. The number of thioether (sulfide) groups is 1. The van der Waals surface area contributed by atoms with Crippen molar-refractivity contribution in [2.45, 2.75) is 43.0 Å². The van der Waals surface area contributed by atoms with Gasteiger partial charge in [-0.05, 0) is 16.7 Å². The highest BCUT2D eigenvalue weighted by Crippen LogP contribution is 2.45. The lowest BCUT2D eigenvalue weighted by Gasteiger charge is -2.54. The first-order valence-corrected chi connectivity index (χ1v) is 13.7. The Kier molecular flexibility index (Phi) is 8.02. The number of ether oxygens (including phenoxy) is 2. The van der Waals surface area contributed by atoms with Gasteiger partial charge in [0.25, 0.3) is 0 Å². The molecule has 2 amide bonds. The van der Waals surface area contributed by atoms with Crippen molar-refractivity contribution in [3.8, 4) is 0 Å². The molecule has 1 N–H and O–H groups in total. The Balaban J connectivity index is 1.39. The van der Waals surface area contributed by atoms with Crippen LogP contribution in [0.4, 0.5) is 0 Å². The van der Waals surface area contributed by atoms with E-state index in [4.69, 9.17) is 9.47 Å². The molecular weight excluding hydrogens is 528 g/mol. The van der Waals surface area contributed by atoms with Gasteiger partial charge in [-0.1, -0.05) is 109 Å². The van der Waals surface area contributed by atoms with E-state index in [0.717, 1.165) is 16.7 Å². The predicted molar refractivity (Wildman–Crippen MR) is 150 cm³/mol. The highest BCUT2D eigenvalue weighted by Gasteiger charge is 2.60. The van der Waals surface area contributed by atoms with Crippen molar-refractivity contribution in [3.63, 3.8) is 0 Å². The summed E-state index contributed by atoms with van der Waals surface area (Å²) in [4.78, 5) is 53.7. The van der Waals surface area contributed by atoms with Crippen LogP contribution >= 0.6 is 11.8 Å². The normalized spacial score (nSPS) is 21.7. The monoisotopic (exact) mass is 556 g/mol. The van der Waals surface area contributed by atoms with Crippen LogP contribution in [0.1, 0.15) is 29.7 Å². The van der Waals surface area contributed by atoms with Crippen LogP contribution in [0.25, 0.3) is 0 Å². The molecule has 2 fully saturated rings. The topological polar surface area (TPSA) is 102 Å². The Bertz CT molecular complexity index is 1380. The lowest BCUT2D eigenvalue weighted by molar-refractivity contribution is -0.177. The third-order valence-corrected chi connectivity index (χ3v) is 8.03. The van der Waals surface area contributed by atoms with E-state index in [1.54, 1.807) is 0 Å². The molecule has 5 rings (SSSR count). The standard InChI is InChI=1S/C31H28N2O6S/c1-19-27(38-20(2)34)26(31(37)39-28(22-14-8-4-9-15-22)23-16-10-5-11-17-23)33-29(36)25(30(33)40-19)32-24(35)18-21-12-6-3-7-13-21/h3-17,25-28,30H,1,18H2,2H3,(H,32,35)/t25?,26?,27?,30-/m1/s1. The van der Waals surface area contributed by atoms with Gasteiger partial charge in [0.15, 0.2) is 18.2 Å². The average molecular weight is 557 g/mol. The number of amides is 2. The maximum Gasteiger partial charge on any atom is 0.334 e. The number of fused-ring (bicyclic) bond motifs is 1. The summed E-state index contributed by atoms with van der Waals surface area (Å²) >= 11 is 1.19. The Hall–Kier alpha value is -4.37. The maximum atomic E-state index is 13.9. The number of esters is 2. The lowest BCUT2D eigenvalue weighted by atomic mass is 9.97. The van der Waals surface area contributed by atoms with E-state index in [-0.39, 0.29) is 12.3 Å². The van der Waals surface area contributed by atoms with Crippen LogP contribution in [0.2, 0.25) is 0 Å². The summed E-state index contributed by atoms with van der Waals surface area (Å²) in [6, 6.07) is 25.6. The molecule has 0 saturated carbocycles.